The normalized spacial score (nSPS) is 16.6. The second-order valence-electron chi connectivity index (χ2n) is 5.84. The third kappa shape index (κ3) is 3.12. The molecule has 1 aromatic heterocycles. The number of carbonyl (C=O) groups is 2. The van der Waals surface area contributed by atoms with Crippen LogP contribution in [0.3, 0.4) is 0 Å². The van der Waals surface area contributed by atoms with Crippen molar-refractivity contribution < 1.29 is 14.3 Å². The van der Waals surface area contributed by atoms with E-state index in [-0.39, 0.29) is 18.2 Å². The summed E-state index contributed by atoms with van der Waals surface area (Å²) in [5, 5.41) is 3.42. The molecule has 0 spiro atoms. The molecule has 2 aromatic rings. The molecule has 0 bridgehead atoms. The second kappa shape index (κ2) is 6.24. The van der Waals surface area contributed by atoms with Crippen LogP contribution in [-0.4, -0.2) is 29.9 Å². The Bertz CT molecular complexity index is 796. The molecule has 1 aliphatic rings. The molecule has 0 fully saturated rings. The molecule has 1 aliphatic heterocycles. The van der Waals surface area contributed by atoms with E-state index in [1.165, 1.54) is 11.3 Å². The quantitative estimate of drug-likeness (QED) is 0.928. The van der Waals surface area contributed by atoms with Crippen LogP contribution in [0.1, 0.15) is 23.1 Å². The van der Waals surface area contributed by atoms with Crippen LogP contribution < -0.4 is 15.0 Å². The zero-order valence-corrected chi connectivity index (χ0v) is 14.9. The fourth-order valence-corrected chi connectivity index (χ4v) is 3.37. The fraction of sp³-hybridized carbons (Fsp3) is 0.353. The molecule has 0 radical (unpaired) electrons. The van der Waals surface area contributed by atoms with Crippen LogP contribution in [0.25, 0.3) is 0 Å². The van der Waals surface area contributed by atoms with Gasteiger partial charge in [-0.1, -0.05) is 6.07 Å². The molecular weight excluding hydrogens is 326 g/mol. The van der Waals surface area contributed by atoms with Crippen LogP contribution in [-0.2, 0) is 16.0 Å². The van der Waals surface area contributed by atoms with Gasteiger partial charge in [0.1, 0.15) is 5.75 Å². The number of hydrogen-bond donors (Lipinski definition) is 1. The molecule has 7 heteroatoms. The zero-order chi connectivity index (χ0) is 17.4. The first-order chi connectivity index (χ1) is 11.3. The van der Waals surface area contributed by atoms with Gasteiger partial charge in [-0.3, -0.25) is 9.59 Å². The molecule has 1 aromatic carbocycles. The van der Waals surface area contributed by atoms with E-state index in [2.05, 4.69) is 10.3 Å². The number of ether oxygens (including phenoxy) is 1. The van der Waals surface area contributed by atoms with E-state index < -0.39 is 6.10 Å². The maximum atomic E-state index is 12.2. The maximum Gasteiger partial charge on any atom is 0.267 e. The van der Waals surface area contributed by atoms with E-state index >= 15 is 0 Å². The summed E-state index contributed by atoms with van der Waals surface area (Å²) in [7, 11) is 1.71. The topological polar surface area (TPSA) is 71.5 Å². The summed E-state index contributed by atoms with van der Waals surface area (Å²) in [6.07, 6.45) is -0.282. The van der Waals surface area contributed by atoms with Gasteiger partial charge in [0.05, 0.1) is 17.8 Å². The Morgan fingerprint density at radius 2 is 2.17 bits per heavy atom. The molecule has 0 saturated heterocycles. The van der Waals surface area contributed by atoms with Crippen molar-refractivity contribution in [2.45, 2.75) is 33.3 Å². The highest BCUT2D eigenvalue weighted by Gasteiger charge is 2.29. The van der Waals surface area contributed by atoms with Crippen LogP contribution in [0.5, 0.6) is 5.75 Å². The minimum Gasteiger partial charge on any atom is -0.479 e. The minimum atomic E-state index is -0.493. The summed E-state index contributed by atoms with van der Waals surface area (Å²) in [6, 6.07) is 5.46. The number of likely N-dealkylation sites (N-methyl/N-ethyl adjacent to an activating group) is 1. The Balaban J connectivity index is 1.74. The lowest BCUT2D eigenvalue weighted by molar-refractivity contribution is -0.125. The highest BCUT2D eigenvalue weighted by atomic mass is 32.1. The fourth-order valence-electron chi connectivity index (χ4n) is 2.54. The molecule has 0 aliphatic carbocycles. The Kier molecular flexibility index (Phi) is 4.28. The van der Waals surface area contributed by atoms with E-state index in [1.54, 1.807) is 24.9 Å². The van der Waals surface area contributed by atoms with E-state index in [0.29, 0.717) is 16.6 Å². The molecular formula is C17H19N3O3S. The number of anilines is 2. The molecule has 3 rings (SSSR count). The van der Waals surface area contributed by atoms with E-state index in [1.807, 2.05) is 26.0 Å². The summed E-state index contributed by atoms with van der Waals surface area (Å²) in [5.41, 5.74) is 2.42. The third-order valence-electron chi connectivity index (χ3n) is 4.01. The Labute approximate surface area is 144 Å². The van der Waals surface area contributed by atoms with Gasteiger partial charge in [-0.05, 0) is 38.5 Å². The lowest BCUT2D eigenvalue weighted by Gasteiger charge is -2.30. The van der Waals surface area contributed by atoms with Crippen LogP contribution in [0.15, 0.2) is 18.2 Å². The summed E-state index contributed by atoms with van der Waals surface area (Å²) < 4.78 is 5.59. The first-order valence-corrected chi connectivity index (χ1v) is 8.48. The van der Waals surface area contributed by atoms with Gasteiger partial charge in [0.25, 0.3) is 5.91 Å². The van der Waals surface area contributed by atoms with Crippen LogP contribution in [0.2, 0.25) is 0 Å². The van der Waals surface area contributed by atoms with Gasteiger partial charge in [0, 0.05) is 11.9 Å². The summed E-state index contributed by atoms with van der Waals surface area (Å²) in [6.45, 7) is 5.61. The molecule has 2 amide bonds. The van der Waals surface area contributed by atoms with E-state index in [9.17, 15) is 9.59 Å². The summed E-state index contributed by atoms with van der Waals surface area (Å²) >= 11 is 1.46. The monoisotopic (exact) mass is 345 g/mol. The minimum absolute atomic E-state index is 0.0992. The van der Waals surface area contributed by atoms with Crippen molar-refractivity contribution in [3.8, 4) is 5.75 Å². The van der Waals surface area contributed by atoms with E-state index in [0.717, 1.165) is 16.1 Å². The van der Waals surface area contributed by atoms with E-state index in [4.69, 9.17) is 4.74 Å². The van der Waals surface area contributed by atoms with Crippen LogP contribution in [0, 0.1) is 13.8 Å². The predicted molar refractivity (Wildman–Crippen MR) is 93.9 cm³/mol. The number of aryl methyl sites for hydroxylation is 2. The Morgan fingerprint density at radius 3 is 2.83 bits per heavy atom. The average Bonchev–Trinajstić information content (AvgIpc) is 2.83. The van der Waals surface area contributed by atoms with Crippen molar-refractivity contribution in [3.63, 3.8) is 0 Å². The van der Waals surface area contributed by atoms with Crippen molar-refractivity contribution in [2.75, 3.05) is 17.3 Å². The molecule has 1 N–H and O–H groups in total. The molecule has 0 saturated carbocycles. The average molecular weight is 345 g/mol. The number of benzene rings is 1. The third-order valence-corrected chi connectivity index (χ3v) is 4.99. The van der Waals surface area contributed by atoms with Crippen molar-refractivity contribution in [1.29, 1.82) is 0 Å². The summed E-state index contributed by atoms with van der Waals surface area (Å²) in [4.78, 5) is 31.2. The standard InChI is InChI=1S/C17H19N3O3S/c1-9-11(3)24-17(18-9)19-15(21)8-12-5-6-14-13(7-12)20(4)16(22)10(2)23-14/h5-7,10H,8H2,1-4H3,(H,18,19,21). The van der Waals surface area contributed by atoms with Gasteiger partial charge >= 0.3 is 0 Å². The number of carbonyl (C=O) groups excluding carboxylic acids is 2. The number of rotatable bonds is 3. The SMILES string of the molecule is Cc1nc(NC(=O)Cc2ccc3c(c2)N(C)C(=O)C(C)O3)sc1C. The van der Waals surface area contributed by atoms with Crippen LogP contribution in [0.4, 0.5) is 10.8 Å². The lowest BCUT2D eigenvalue weighted by Crippen LogP contribution is -2.42. The molecule has 6 nitrogen and oxygen atoms in total. The number of amides is 2. The molecule has 1 unspecified atom stereocenters. The molecule has 24 heavy (non-hydrogen) atoms. The zero-order valence-electron chi connectivity index (χ0n) is 14.0. The molecule has 2 heterocycles. The number of thiazole rings is 1. The number of aromatic nitrogens is 1. The number of nitrogens with one attached hydrogen (secondary N) is 1. The number of nitrogens with zero attached hydrogens (tertiary/aromatic N) is 2. The highest BCUT2D eigenvalue weighted by molar-refractivity contribution is 7.15. The summed E-state index contributed by atoms with van der Waals surface area (Å²) in [5.74, 6) is 0.417. The largest absolute Gasteiger partial charge is 0.479 e. The number of hydrogen-bond acceptors (Lipinski definition) is 5. The van der Waals surface area contributed by atoms with Crippen LogP contribution >= 0.6 is 11.3 Å². The van der Waals surface area contributed by atoms with Gasteiger partial charge < -0.3 is 15.0 Å². The van der Waals surface area contributed by atoms with Gasteiger partial charge in [-0.15, -0.1) is 11.3 Å². The Hall–Kier alpha value is -2.41. The van der Waals surface area contributed by atoms with Gasteiger partial charge in [0.2, 0.25) is 5.91 Å². The predicted octanol–water partition coefficient (Wildman–Crippen LogP) is 2.68. The maximum absolute atomic E-state index is 12.2. The van der Waals surface area contributed by atoms with Gasteiger partial charge in [0.15, 0.2) is 11.2 Å². The second-order valence-corrected chi connectivity index (χ2v) is 7.05. The smallest absolute Gasteiger partial charge is 0.267 e. The first kappa shape index (κ1) is 16.4. The van der Waals surface area contributed by atoms with Gasteiger partial charge in [-0.2, -0.15) is 0 Å². The van der Waals surface area contributed by atoms with Crippen molar-refractivity contribution in [2.24, 2.45) is 0 Å². The Morgan fingerprint density at radius 1 is 1.42 bits per heavy atom. The highest BCUT2D eigenvalue weighted by Crippen LogP contribution is 2.34. The molecule has 126 valence electrons. The number of fused-ring (bicyclic) bond motifs is 1. The van der Waals surface area contributed by atoms with Gasteiger partial charge in [-0.25, -0.2) is 4.98 Å². The van der Waals surface area contributed by atoms with Crippen molar-refractivity contribution in [3.05, 3.63) is 34.3 Å². The van der Waals surface area contributed by atoms with Crippen molar-refractivity contribution >= 4 is 34.0 Å². The van der Waals surface area contributed by atoms with Crippen molar-refractivity contribution in [1.82, 2.24) is 4.98 Å². The molecule has 1 atom stereocenters. The first-order valence-electron chi connectivity index (χ1n) is 7.66. The lowest BCUT2D eigenvalue weighted by atomic mass is 10.1.